The Morgan fingerprint density at radius 1 is 1.19 bits per heavy atom. The van der Waals surface area contributed by atoms with Crippen molar-refractivity contribution in [1.29, 1.82) is 0 Å². The first kappa shape index (κ1) is 15.9. The van der Waals surface area contributed by atoms with Gasteiger partial charge in [-0.3, -0.25) is 14.2 Å². The molecule has 1 fully saturated rings. The zero-order valence-corrected chi connectivity index (χ0v) is 14.9. The van der Waals surface area contributed by atoms with Gasteiger partial charge in [-0.2, -0.15) is 0 Å². The minimum absolute atomic E-state index is 0.0747. The molecule has 0 bridgehead atoms. The molecule has 2 atom stereocenters. The summed E-state index contributed by atoms with van der Waals surface area (Å²) in [4.78, 5) is 35.2. The van der Waals surface area contributed by atoms with Crippen LogP contribution < -0.4 is 0 Å². The SMILES string of the molecule is CC1CCN(C(=O)c2cnccn2)CC1c1ncc2cnc3[nH]ccc3n12. The summed E-state index contributed by atoms with van der Waals surface area (Å²) in [7, 11) is 0. The van der Waals surface area contributed by atoms with Gasteiger partial charge in [0.05, 0.1) is 29.6 Å². The molecule has 27 heavy (non-hydrogen) atoms. The van der Waals surface area contributed by atoms with Gasteiger partial charge in [0.25, 0.3) is 5.91 Å². The maximum atomic E-state index is 12.8. The van der Waals surface area contributed by atoms with Gasteiger partial charge in [-0.25, -0.2) is 15.0 Å². The number of aromatic nitrogens is 6. The summed E-state index contributed by atoms with van der Waals surface area (Å²) in [5.41, 5.74) is 3.18. The summed E-state index contributed by atoms with van der Waals surface area (Å²) in [6, 6.07) is 2.01. The molecular weight excluding hydrogens is 342 g/mol. The second-order valence-electron chi connectivity index (χ2n) is 7.06. The number of nitrogens with zero attached hydrogens (tertiary/aromatic N) is 6. The van der Waals surface area contributed by atoms with Crippen LogP contribution in [0.15, 0.2) is 43.2 Å². The minimum atomic E-state index is -0.0747. The molecule has 5 rings (SSSR count). The van der Waals surface area contributed by atoms with E-state index in [-0.39, 0.29) is 11.8 Å². The molecule has 0 spiro atoms. The number of aromatic amines is 1. The number of nitrogens with one attached hydrogen (secondary N) is 1. The first-order valence-corrected chi connectivity index (χ1v) is 9.07. The average Bonchev–Trinajstić information content (AvgIpc) is 3.35. The van der Waals surface area contributed by atoms with Gasteiger partial charge in [0.15, 0.2) is 5.65 Å². The van der Waals surface area contributed by atoms with E-state index in [2.05, 4.69) is 31.3 Å². The van der Waals surface area contributed by atoms with Gasteiger partial charge in [-0.05, 0) is 18.4 Å². The van der Waals surface area contributed by atoms with Crippen molar-refractivity contribution in [3.05, 3.63) is 54.8 Å². The van der Waals surface area contributed by atoms with E-state index < -0.39 is 0 Å². The van der Waals surface area contributed by atoms with Crippen LogP contribution >= 0.6 is 0 Å². The van der Waals surface area contributed by atoms with Crippen molar-refractivity contribution >= 4 is 22.6 Å². The van der Waals surface area contributed by atoms with Crippen molar-refractivity contribution in [3.8, 4) is 0 Å². The van der Waals surface area contributed by atoms with Crippen molar-refractivity contribution in [1.82, 2.24) is 34.2 Å². The highest BCUT2D eigenvalue weighted by Crippen LogP contribution is 2.33. The zero-order chi connectivity index (χ0) is 18.4. The van der Waals surface area contributed by atoms with E-state index >= 15 is 0 Å². The molecule has 2 unspecified atom stereocenters. The molecule has 1 saturated heterocycles. The van der Waals surface area contributed by atoms with E-state index in [1.165, 1.54) is 6.20 Å². The van der Waals surface area contributed by atoms with Crippen LogP contribution in [0.1, 0.15) is 35.6 Å². The average molecular weight is 361 g/mol. The van der Waals surface area contributed by atoms with E-state index in [9.17, 15) is 4.79 Å². The van der Waals surface area contributed by atoms with Crippen molar-refractivity contribution in [2.75, 3.05) is 13.1 Å². The summed E-state index contributed by atoms with van der Waals surface area (Å²) in [5.74, 6) is 1.46. The van der Waals surface area contributed by atoms with Gasteiger partial charge in [0.1, 0.15) is 11.5 Å². The van der Waals surface area contributed by atoms with E-state index in [1.54, 1.807) is 12.4 Å². The number of carbonyl (C=O) groups excluding carboxylic acids is 1. The third kappa shape index (κ3) is 2.56. The lowest BCUT2D eigenvalue weighted by Crippen LogP contribution is -2.43. The lowest BCUT2D eigenvalue weighted by molar-refractivity contribution is 0.0658. The quantitative estimate of drug-likeness (QED) is 0.591. The first-order valence-electron chi connectivity index (χ1n) is 9.07. The fourth-order valence-corrected chi connectivity index (χ4v) is 3.92. The lowest BCUT2D eigenvalue weighted by Gasteiger charge is -2.36. The highest BCUT2D eigenvalue weighted by atomic mass is 16.2. The molecule has 1 amide bonds. The number of hydrogen-bond donors (Lipinski definition) is 1. The summed E-state index contributed by atoms with van der Waals surface area (Å²) < 4.78 is 2.15. The van der Waals surface area contributed by atoms with Crippen LogP contribution in [0.3, 0.4) is 0 Å². The monoisotopic (exact) mass is 361 g/mol. The Balaban J connectivity index is 1.53. The molecule has 0 aromatic carbocycles. The Labute approximate surface area is 155 Å². The number of likely N-dealkylation sites (tertiary alicyclic amines) is 1. The summed E-state index contributed by atoms with van der Waals surface area (Å²) >= 11 is 0. The Morgan fingerprint density at radius 2 is 2.07 bits per heavy atom. The molecule has 8 nitrogen and oxygen atoms in total. The Hall–Kier alpha value is -3.29. The molecule has 4 aromatic heterocycles. The van der Waals surface area contributed by atoms with Crippen LogP contribution in [0, 0.1) is 5.92 Å². The Bertz CT molecular complexity index is 1120. The molecule has 1 aliphatic heterocycles. The van der Waals surface area contributed by atoms with Crippen molar-refractivity contribution in [2.24, 2.45) is 5.92 Å². The zero-order valence-electron chi connectivity index (χ0n) is 14.9. The van der Waals surface area contributed by atoms with Crippen LogP contribution in [0.2, 0.25) is 0 Å². The van der Waals surface area contributed by atoms with Crippen molar-refractivity contribution < 1.29 is 4.79 Å². The lowest BCUT2D eigenvalue weighted by atomic mass is 9.86. The molecule has 1 N–H and O–H groups in total. The van der Waals surface area contributed by atoms with Gasteiger partial charge >= 0.3 is 0 Å². The Morgan fingerprint density at radius 3 is 2.93 bits per heavy atom. The molecule has 5 heterocycles. The summed E-state index contributed by atoms with van der Waals surface area (Å²) in [6.07, 6.45) is 11.1. The molecule has 8 heteroatoms. The van der Waals surface area contributed by atoms with Gasteiger partial charge in [-0.15, -0.1) is 0 Å². The van der Waals surface area contributed by atoms with Crippen LogP contribution in [0.25, 0.3) is 16.7 Å². The number of H-pyrrole nitrogens is 1. The van der Waals surface area contributed by atoms with Gasteiger partial charge in [0, 0.05) is 37.6 Å². The first-order chi connectivity index (χ1) is 13.2. The Kier molecular flexibility index (Phi) is 3.63. The molecule has 0 saturated carbocycles. The topological polar surface area (TPSA) is 92.1 Å². The normalized spacial score (nSPS) is 20.4. The van der Waals surface area contributed by atoms with Crippen LogP contribution in [0.5, 0.6) is 0 Å². The number of carbonyl (C=O) groups is 1. The fraction of sp³-hybridized carbons (Fsp3) is 0.316. The molecule has 0 radical (unpaired) electrons. The second-order valence-corrected chi connectivity index (χ2v) is 7.06. The van der Waals surface area contributed by atoms with Gasteiger partial charge in [-0.1, -0.05) is 6.92 Å². The summed E-state index contributed by atoms with van der Waals surface area (Å²) in [5, 5.41) is 0. The number of fused-ring (bicyclic) bond motifs is 3. The predicted molar refractivity (Wildman–Crippen MR) is 99.3 cm³/mol. The second kappa shape index (κ2) is 6.15. The predicted octanol–water partition coefficient (Wildman–Crippen LogP) is 2.27. The third-order valence-corrected chi connectivity index (χ3v) is 5.45. The fourth-order valence-electron chi connectivity index (χ4n) is 3.92. The third-order valence-electron chi connectivity index (χ3n) is 5.45. The van der Waals surface area contributed by atoms with Crippen LogP contribution in [-0.2, 0) is 0 Å². The largest absolute Gasteiger partial charge is 0.345 e. The van der Waals surface area contributed by atoms with E-state index in [0.717, 1.165) is 35.5 Å². The molecule has 0 aliphatic carbocycles. The molecule has 4 aromatic rings. The molecule has 136 valence electrons. The van der Waals surface area contributed by atoms with Crippen LogP contribution in [0.4, 0.5) is 0 Å². The molecular formula is C19H19N7O. The molecule has 1 aliphatic rings. The van der Waals surface area contributed by atoms with E-state index in [4.69, 9.17) is 4.98 Å². The van der Waals surface area contributed by atoms with E-state index in [1.807, 2.05) is 29.6 Å². The smallest absolute Gasteiger partial charge is 0.274 e. The van der Waals surface area contributed by atoms with Crippen molar-refractivity contribution in [3.63, 3.8) is 0 Å². The van der Waals surface area contributed by atoms with Crippen molar-refractivity contribution in [2.45, 2.75) is 19.3 Å². The van der Waals surface area contributed by atoms with Gasteiger partial charge in [0.2, 0.25) is 0 Å². The number of rotatable bonds is 2. The highest BCUT2D eigenvalue weighted by molar-refractivity contribution is 5.92. The maximum absolute atomic E-state index is 12.8. The number of amides is 1. The van der Waals surface area contributed by atoms with E-state index in [0.29, 0.717) is 18.2 Å². The minimum Gasteiger partial charge on any atom is -0.345 e. The maximum Gasteiger partial charge on any atom is 0.274 e. The van der Waals surface area contributed by atoms with Crippen LogP contribution in [-0.4, -0.2) is 53.2 Å². The number of hydrogen-bond acceptors (Lipinski definition) is 5. The highest BCUT2D eigenvalue weighted by Gasteiger charge is 2.33. The van der Waals surface area contributed by atoms with Gasteiger partial charge < -0.3 is 9.88 Å². The number of imidazole rings is 1. The standard InChI is InChI=1S/C19H19N7O/c1-12-3-7-25(19(27)15-10-20-5-6-21-15)11-14(12)18-24-9-13-8-23-17-16(26(13)18)2-4-22-17/h2,4-6,8-10,12,14,22H,3,7,11H2,1H3. The summed E-state index contributed by atoms with van der Waals surface area (Å²) in [6.45, 7) is 3.56. The number of piperidine rings is 1.